The van der Waals surface area contributed by atoms with Gasteiger partial charge in [0.05, 0.1) is 0 Å². The summed E-state index contributed by atoms with van der Waals surface area (Å²) >= 11 is 9.50. The maximum absolute atomic E-state index is 5.90. The van der Waals surface area contributed by atoms with Gasteiger partial charge in [-0.1, -0.05) is 35.8 Å². The van der Waals surface area contributed by atoms with Crippen LogP contribution in [0.15, 0.2) is 22.7 Å². The van der Waals surface area contributed by atoms with Gasteiger partial charge in [-0.15, -0.1) is 11.6 Å². The first-order valence-electron chi connectivity index (χ1n) is 7.03. The Morgan fingerprint density at radius 1 is 1.37 bits per heavy atom. The van der Waals surface area contributed by atoms with Crippen LogP contribution in [0.1, 0.15) is 25.8 Å². The average molecular weight is 346 g/mol. The van der Waals surface area contributed by atoms with Crippen molar-refractivity contribution in [1.82, 2.24) is 4.90 Å². The maximum atomic E-state index is 5.90. The van der Waals surface area contributed by atoms with Crippen molar-refractivity contribution in [2.75, 3.05) is 31.1 Å². The quantitative estimate of drug-likeness (QED) is 0.741. The van der Waals surface area contributed by atoms with Gasteiger partial charge in [0.15, 0.2) is 0 Å². The summed E-state index contributed by atoms with van der Waals surface area (Å²) in [4.78, 5) is 5.04. The van der Waals surface area contributed by atoms with Gasteiger partial charge in [-0.25, -0.2) is 0 Å². The monoisotopic (exact) mass is 344 g/mol. The van der Waals surface area contributed by atoms with Gasteiger partial charge < -0.3 is 4.90 Å². The number of likely N-dealkylation sites (N-methyl/N-ethyl adjacent to an activating group) is 1. The van der Waals surface area contributed by atoms with Crippen molar-refractivity contribution in [3.05, 3.63) is 28.2 Å². The van der Waals surface area contributed by atoms with Crippen LogP contribution >= 0.6 is 27.5 Å². The Labute approximate surface area is 129 Å². The molecule has 0 saturated carbocycles. The molecule has 4 heteroatoms. The van der Waals surface area contributed by atoms with Crippen molar-refractivity contribution in [3.8, 4) is 0 Å². The Kier molecular flexibility index (Phi) is 5.55. The minimum absolute atomic E-state index is 0.558. The highest BCUT2D eigenvalue weighted by Crippen LogP contribution is 2.28. The number of hydrogen-bond donors (Lipinski definition) is 0. The first-order valence-corrected chi connectivity index (χ1v) is 8.35. The molecule has 0 radical (unpaired) electrons. The molecule has 2 nitrogen and oxygen atoms in total. The molecule has 0 N–H and O–H groups in total. The Morgan fingerprint density at radius 3 is 2.68 bits per heavy atom. The molecule has 1 saturated heterocycles. The lowest BCUT2D eigenvalue weighted by molar-refractivity contribution is 0.232. The van der Waals surface area contributed by atoms with Crippen LogP contribution in [0.25, 0.3) is 0 Å². The molecule has 0 spiro atoms. The van der Waals surface area contributed by atoms with E-state index in [1.807, 2.05) is 0 Å². The van der Waals surface area contributed by atoms with Gasteiger partial charge in [-0.05, 0) is 37.2 Å². The van der Waals surface area contributed by atoms with Gasteiger partial charge >= 0.3 is 0 Å². The Bertz CT molecular complexity index is 421. The molecule has 0 amide bonds. The lowest BCUT2D eigenvalue weighted by atomic mass is 10.2. The molecule has 0 aliphatic carbocycles. The van der Waals surface area contributed by atoms with Crippen LogP contribution < -0.4 is 4.90 Å². The second-order valence-electron chi connectivity index (χ2n) is 5.02. The predicted octanol–water partition coefficient (Wildman–Crippen LogP) is 4.11. The van der Waals surface area contributed by atoms with Gasteiger partial charge in [0.2, 0.25) is 0 Å². The maximum Gasteiger partial charge on any atom is 0.0485 e. The van der Waals surface area contributed by atoms with Crippen LogP contribution in [-0.2, 0) is 5.88 Å². The molecule has 19 heavy (non-hydrogen) atoms. The first-order chi connectivity index (χ1) is 9.19. The van der Waals surface area contributed by atoms with Crippen LogP contribution in [0.5, 0.6) is 0 Å². The zero-order valence-electron chi connectivity index (χ0n) is 11.7. The van der Waals surface area contributed by atoms with Crippen LogP contribution in [0.4, 0.5) is 5.69 Å². The van der Waals surface area contributed by atoms with E-state index in [4.69, 9.17) is 11.6 Å². The zero-order chi connectivity index (χ0) is 13.8. The minimum atomic E-state index is 0.558. The van der Waals surface area contributed by atoms with Gasteiger partial charge in [-0.3, -0.25) is 4.90 Å². The summed E-state index contributed by atoms with van der Waals surface area (Å²) in [5.74, 6) is 0.558. The third-order valence-electron chi connectivity index (χ3n) is 4.04. The lowest BCUT2D eigenvalue weighted by Gasteiger charge is -2.26. The first kappa shape index (κ1) is 15.1. The molecular formula is C15H22BrClN2. The summed E-state index contributed by atoms with van der Waals surface area (Å²) in [6.07, 6.45) is 1.26. The van der Waals surface area contributed by atoms with E-state index in [1.54, 1.807) is 0 Å². The van der Waals surface area contributed by atoms with Crippen LogP contribution in [-0.4, -0.2) is 37.1 Å². The number of alkyl halides is 1. The second-order valence-corrected chi connectivity index (χ2v) is 6.14. The number of hydrogen-bond acceptors (Lipinski definition) is 2. The molecule has 1 aromatic rings. The third kappa shape index (κ3) is 3.45. The molecule has 1 unspecified atom stereocenters. The number of anilines is 1. The molecule has 1 aliphatic rings. The summed E-state index contributed by atoms with van der Waals surface area (Å²) in [6, 6.07) is 7.20. The summed E-state index contributed by atoms with van der Waals surface area (Å²) in [7, 11) is 0. The topological polar surface area (TPSA) is 6.48 Å². The lowest BCUT2D eigenvalue weighted by Crippen LogP contribution is -2.37. The summed E-state index contributed by atoms with van der Waals surface area (Å²) < 4.78 is 1.12. The van der Waals surface area contributed by atoms with Crippen molar-refractivity contribution in [2.45, 2.75) is 32.2 Å². The Hall–Kier alpha value is -0.250. The van der Waals surface area contributed by atoms with Crippen LogP contribution in [0.3, 0.4) is 0 Å². The normalized spacial score (nSPS) is 19.4. The predicted molar refractivity (Wildman–Crippen MR) is 87.2 cm³/mol. The highest BCUT2D eigenvalue weighted by atomic mass is 79.9. The van der Waals surface area contributed by atoms with E-state index in [0.717, 1.165) is 36.2 Å². The van der Waals surface area contributed by atoms with Crippen molar-refractivity contribution >= 4 is 33.2 Å². The standard InChI is InChI=1S/C15H22BrClN2/c1-3-18(4-2)14-7-8-19(11-14)13-6-5-12(10-17)15(16)9-13/h5-6,9,14H,3-4,7-8,10-11H2,1-2H3. The highest BCUT2D eigenvalue weighted by molar-refractivity contribution is 9.10. The summed E-state index contributed by atoms with van der Waals surface area (Å²) in [5.41, 5.74) is 2.46. The molecule has 1 aromatic carbocycles. The molecule has 2 rings (SSSR count). The van der Waals surface area contributed by atoms with Crippen molar-refractivity contribution in [2.24, 2.45) is 0 Å². The molecule has 1 fully saturated rings. The minimum Gasteiger partial charge on any atom is -0.370 e. The molecule has 1 atom stereocenters. The van der Waals surface area contributed by atoms with Crippen molar-refractivity contribution in [3.63, 3.8) is 0 Å². The van der Waals surface area contributed by atoms with E-state index in [1.165, 1.54) is 12.1 Å². The average Bonchev–Trinajstić information content (AvgIpc) is 2.90. The number of rotatable bonds is 5. The fraction of sp³-hybridized carbons (Fsp3) is 0.600. The van der Waals surface area contributed by atoms with E-state index in [-0.39, 0.29) is 0 Å². The molecule has 0 bridgehead atoms. The number of halogens is 2. The SMILES string of the molecule is CCN(CC)C1CCN(c2ccc(CCl)c(Br)c2)C1. The van der Waals surface area contributed by atoms with Gasteiger partial charge in [0, 0.05) is 35.2 Å². The fourth-order valence-electron chi connectivity index (χ4n) is 2.86. The molecular weight excluding hydrogens is 324 g/mol. The van der Waals surface area contributed by atoms with E-state index in [9.17, 15) is 0 Å². The Morgan fingerprint density at radius 2 is 2.11 bits per heavy atom. The largest absolute Gasteiger partial charge is 0.370 e. The van der Waals surface area contributed by atoms with E-state index in [2.05, 4.69) is 57.8 Å². The van der Waals surface area contributed by atoms with Gasteiger partial charge in [0.25, 0.3) is 0 Å². The van der Waals surface area contributed by atoms with E-state index in [0.29, 0.717) is 11.9 Å². The summed E-state index contributed by atoms with van der Waals surface area (Å²) in [5, 5.41) is 0. The van der Waals surface area contributed by atoms with Gasteiger partial charge in [0.1, 0.15) is 0 Å². The highest BCUT2D eigenvalue weighted by Gasteiger charge is 2.26. The van der Waals surface area contributed by atoms with Crippen LogP contribution in [0, 0.1) is 0 Å². The smallest absolute Gasteiger partial charge is 0.0485 e. The Balaban J connectivity index is 2.06. The van der Waals surface area contributed by atoms with Gasteiger partial charge in [-0.2, -0.15) is 0 Å². The van der Waals surface area contributed by atoms with Crippen molar-refractivity contribution in [1.29, 1.82) is 0 Å². The zero-order valence-corrected chi connectivity index (χ0v) is 14.0. The van der Waals surface area contributed by atoms with E-state index < -0.39 is 0 Å². The molecule has 0 aromatic heterocycles. The number of benzene rings is 1. The van der Waals surface area contributed by atoms with Crippen LogP contribution in [0.2, 0.25) is 0 Å². The molecule has 1 aliphatic heterocycles. The molecule has 106 valence electrons. The fourth-order valence-corrected chi connectivity index (χ4v) is 3.76. The van der Waals surface area contributed by atoms with E-state index >= 15 is 0 Å². The number of nitrogens with zero attached hydrogens (tertiary/aromatic N) is 2. The summed E-state index contributed by atoms with van der Waals surface area (Å²) in [6.45, 7) is 9.06. The van der Waals surface area contributed by atoms with Crippen molar-refractivity contribution < 1.29 is 0 Å². The third-order valence-corrected chi connectivity index (χ3v) is 5.06. The second kappa shape index (κ2) is 6.96. The molecule has 1 heterocycles.